The summed E-state index contributed by atoms with van der Waals surface area (Å²) in [5.41, 5.74) is 7.46. The van der Waals surface area contributed by atoms with Crippen LogP contribution in [0.25, 0.3) is 0 Å². The lowest BCUT2D eigenvalue weighted by Gasteiger charge is -2.28. The van der Waals surface area contributed by atoms with E-state index in [1.165, 1.54) is 5.57 Å². The SMILES string of the molecule is CCC=NC1=C(C)CCN(C(=O)/C(=C/N)C(=N)Cl)C1. The average Bonchev–Trinajstić information content (AvgIpc) is 2.38. The molecule has 0 aromatic heterocycles. The number of aliphatic imine (C=N–C) groups is 1. The van der Waals surface area contributed by atoms with Gasteiger partial charge in [0.1, 0.15) is 5.17 Å². The molecule has 0 bridgehead atoms. The topological polar surface area (TPSA) is 82.5 Å². The Kier molecular flexibility index (Phi) is 5.76. The molecule has 1 aliphatic rings. The summed E-state index contributed by atoms with van der Waals surface area (Å²) >= 11 is 5.55. The molecule has 1 heterocycles. The molecule has 104 valence electrons. The molecule has 5 nitrogen and oxygen atoms in total. The Morgan fingerprint density at radius 2 is 2.32 bits per heavy atom. The highest BCUT2D eigenvalue weighted by atomic mass is 35.5. The van der Waals surface area contributed by atoms with Crippen molar-refractivity contribution in [3.05, 3.63) is 23.0 Å². The van der Waals surface area contributed by atoms with Gasteiger partial charge >= 0.3 is 0 Å². The van der Waals surface area contributed by atoms with Gasteiger partial charge in [-0.1, -0.05) is 18.5 Å². The van der Waals surface area contributed by atoms with E-state index in [2.05, 4.69) is 4.99 Å². The van der Waals surface area contributed by atoms with Gasteiger partial charge in [0.05, 0.1) is 17.8 Å². The van der Waals surface area contributed by atoms with Crippen LogP contribution in [0.2, 0.25) is 0 Å². The van der Waals surface area contributed by atoms with Crippen molar-refractivity contribution in [3.8, 4) is 0 Å². The number of halogens is 1. The third kappa shape index (κ3) is 3.92. The molecule has 1 aliphatic heterocycles. The van der Waals surface area contributed by atoms with Crippen LogP contribution in [0, 0.1) is 5.41 Å². The van der Waals surface area contributed by atoms with E-state index in [0.717, 1.165) is 24.7 Å². The van der Waals surface area contributed by atoms with Crippen molar-refractivity contribution in [3.63, 3.8) is 0 Å². The zero-order chi connectivity index (χ0) is 14.4. The summed E-state index contributed by atoms with van der Waals surface area (Å²) in [6.45, 7) is 5.06. The van der Waals surface area contributed by atoms with E-state index in [1.54, 1.807) is 4.90 Å². The Labute approximate surface area is 118 Å². The van der Waals surface area contributed by atoms with Gasteiger partial charge in [0.2, 0.25) is 0 Å². The molecule has 0 radical (unpaired) electrons. The third-order valence-electron chi connectivity index (χ3n) is 2.94. The summed E-state index contributed by atoms with van der Waals surface area (Å²) in [5.74, 6) is -0.320. The van der Waals surface area contributed by atoms with Crippen LogP contribution in [0.5, 0.6) is 0 Å². The second-order valence-electron chi connectivity index (χ2n) is 4.32. The number of carbonyl (C=O) groups is 1. The van der Waals surface area contributed by atoms with Crippen LogP contribution in [-0.2, 0) is 4.79 Å². The highest BCUT2D eigenvalue weighted by Crippen LogP contribution is 2.20. The lowest BCUT2D eigenvalue weighted by Crippen LogP contribution is -2.38. The van der Waals surface area contributed by atoms with Gasteiger partial charge in [-0.3, -0.25) is 15.2 Å². The number of nitrogens with one attached hydrogen (secondary N) is 1. The Morgan fingerprint density at radius 1 is 1.63 bits per heavy atom. The molecular weight excluding hydrogens is 264 g/mol. The summed E-state index contributed by atoms with van der Waals surface area (Å²) in [4.78, 5) is 18.2. The number of rotatable bonds is 4. The first kappa shape index (κ1) is 15.4. The van der Waals surface area contributed by atoms with E-state index < -0.39 is 0 Å². The number of amides is 1. The van der Waals surface area contributed by atoms with Gasteiger partial charge in [-0.2, -0.15) is 0 Å². The number of carbonyl (C=O) groups excluding carboxylic acids is 1. The summed E-state index contributed by atoms with van der Waals surface area (Å²) < 4.78 is 0. The van der Waals surface area contributed by atoms with Crippen LogP contribution >= 0.6 is 11.6 Å². The predicted octanol–water partition coefficient (Wildman–Crippen LogP) is 2.03. The molecule has 1 amide bonds. The maximum absolute atomic E-state index is 12.2. The summed E-state index contributed by atoms with van der Waals surface area (Å²) in [5, 5.41) is 6.99. The van der Waals surface area contributed by atoms with Crippen molar-refractivity contribution in [1.29, 1.82) is 5.41 Å². The van der Waals surface area contributed by atoms with Gasteiger partial charge in [-0.05, 0) is 25.3 Å². The molecular formula is C13H19ClN4O. The minimum Gasteiger partial charge on any atom is -0.404 e. The van der Waals surface area contributed by atoms with Crippen molar-refractivity contribution >= 4 is 28.9 Å². The van der Waals surface area contributed by atoms with Crippen LogP contribution in [0.3, 0.4) is 0 Å². The molecule has 3 N–H and O–H groups in total. The molecule has 0 aromatic carbocycles. The Morgan fingerprint density at radius 3 is 2.84 bits per heavy atom. The molecule has 1 rings (SSSR count). The zero-order valence-corrected chi connectivity index (χ0v) is 12.0. The molecule has 19 heavy (non-hydrogen) atoms. The molecule has 0 atom stereocenters. The number of hydrogen-bond donors (Lipinski definition) is 2. The molecule has 0 aromatic rings. The van der Waals surface area contributed by atoms with Crippen LogP contribution in [0.4, 0.5) is 0 Å². The van der Waals surface area contributed by atoms with Crippen molar-refractivity contribution in [2.75, 3.05) is 13.1 Å². The fourth-order valence-corrected chi connectivity index (χ4v) is 1.92. The largest absolute Gasteiger partial charge is 0.404 e. The van der Waals surface area contributed by atoms with Crippen LogP contribution in [0.1, 0.15) is 26.7 Å². The van der Waals surface area contributed by atoms with E-state index >= 15 is 0 Å². The molecule has 6 heteroatoms. The highest BCUT2D eigenvalue weighted by Gasteiger charge is 2.24. The second kappa shape index (κ2) is 7.09. The fourth-order valence-electron chi connectivity index (χ4n) is 1.78. The number of hydrogen-bond acceptors (Lipinski definition) is 4. The summed E-state index contributed by atoms with van der Waals surface area (Å²) in [6, 6.07) is 0. The van der Waals surface area contributed by atoms with E-state index in [-0.39, 0.29) is 16.7 Å². The van der Waals surface area contributed by atoms with Gasteiger partial charge in [0, 0.05) is 19.0 Å². The maximum Gasteiger partial charge on any atom is 0.258 e. The minimum absolute atomic E-state index is 0.0278. The third-order valence-corrected chi connectivity index (χ3v) is 3.14. The smallest absolute Gasteiger partial charge is 0.258 e. The quantitative estimate of drug-likeness (QED) is 0.611. The van der Waals surface area contributed by atoms with Gasteiger partial charge in [-0.25, -0.2) is 0 Å². The molecule has 0 saturated carbocycles. The maximum atomic E-state index is 12.2. The average molecular weight is 283 g/mol. The number of nitrogens with zero attached hydrogens (tertiary/aromatic N) is 2. The minimum atomic E-state index is -0.336. The second-order valence-corrected chi connectivity index (χ2v) is 4.70. The summed E-state index contributed by atoms with van der Waals surface area (Å²) in [6.07, 6.45) is 4.54. The highest BCUT2D eigenvalue weighted by molar-refractivity contribution is 6.71. The van der Waals surface area contributed by atoms with Crippen molar-refractivity contribution < 1.29 is 4.79 Å². The van der Waals surface area contributed by atoms with Crippen molar-refractivity contribution in [2.24, 2.45) is 10.7 Å². The Balaban J connectivity index is 2.87. The first-order valence-corrected chi connectivity index (χ1v) is 6.55. The van der Waals surface area contributed by atoms with Gasteiger partial charge < -0.3 is 10.6 Å². The molecule has 0 aliphatic carbocycles. The van der Waals surface area contributed by atoms with Crippen molar-refractivity contribution in [1.82, 2.24) is 4.90 Å². The first-order valence-electron chi connectivity index (χ1n) is 6.18. The fraction of sp³-hybridized carbons (Fsp3) is 0.462. The molecule has 0 spiro atoms. The Bertz CT molecular complexity index is 465. The standard InChI is InChI=1S/C13H19ClN4O/c1-3-5-17-11-8-18(6-4-9(11)2)13(19)10(7-15)12(14)16/h5,7,16H,3-4,6,8,15H2,1-2H3/b10-7+,16-12?,17-5?. The molecule has 0 fully saturated rings. The van der Waals surface area contributed by atoms with E-state index in [4.69, 9.17) is 22.7 Å². The van der Waals surface area contributed by atoms with E-state index in [0.29, 0.717) is 13.1 Å². The predicted molar refractivity (Wildman–Crippen MR) is 78.5 cm³/mol. The van der Waals surface area contributed by atoms with Gasteiger partial charge in [-0.15, -0.1) is 0 Å². The molecule has 0 saturated heterocycles. The van der Waals surface area contributed by atoms with Crippen LogP contribution < -0.4 is 5.73 Å². The summed E-state index contributed by atoms with van der Waals surface area (Å²) in [7, 11) is 0. The molecule has 0 unspecified atom stereocenters. The lowest BCUT2D eigenvalue weighted by molar-refractivity contribution is -0.126. The van der Waals surface area contributed by atoms with E-state index in [9.17, 15) is 4.79 Å². The Hall–Kier alpha value is -1.62. The van der Waals surface area contributed by atoms with E-state index in [1.807, 2.05) is 20.1 Å². The van der Waals surface area contributed by atoms with Crippen LogP contribution in [0.15, 0.2) is 28.0 Å². The normalized spacial score (nSPS) is 17.2. The van der Waals surface area contributed by atoms with Gasteiger partial charge in [0.25, 0.3) is 5.91 Å². The first-order chi connectivity index (χ1) is 9.01. The zero-order valence-electron chi connectivity index (χ0n) is 11.2. The lowest BCUT2D eigenvalue weighted by atomic mass is 10.1. The number of nitrogens with two attached hydrogens (primary N) is 1. The van der Waals surface area contributed by atoms with Gasteiger partial charge in [0.15, 0.2) is 0 Å². The van der Waals surface area contributed by atoms with Crippen molar-refractivity contribution in [2.45, 2.75) is 26.7 Å². The van der Waals surface area contributed by atoms with Crippen LogP contribution in [-0.4, -0.2) is 35.3 Å². The monoisotopic (exact) mass is 282 g/mol.